The first-order valence-corrected chi connectivity index (χ1v) is 7.49. The Morgan fingerprint density at radius 3 is 2.71 bits per heavy atom. The average molecular weight is 312 g/mol. The van der Waals surface area contributed by atoms with E-state index in [1.54, 1.807) is 7.11 Å². The molecular weight excluding hydrogens is 294 g/mol. The molecule has 3 nitrogen and oxygen atoms in total. The molecule has 0 aliphatic rings. The molecule has 2 rings (SSSR count). The van der Waals surface area contributed by atoms with Crippen molar-refractivity contribution in [2.24, 2.45) is 0 Å². The van der Waals surface area contributed by atoms with Crippen LogP contribution in [0.2, 0.25) is 0 Å². The van der Waals surface area contributed by atoms with Crippen molar-refractivity contribution >= 4 is 11.3 Å². The van der Waals surface area contributed by atoms with Crippen molar-refractivity contribution in [2.45, 2.75) is 33.0 Å². The van der Waals surface area contributed by atoms with Crippen LogP contribution in [0.1, 0.15) is 24.4 Å². The largest absolute Gasteiger partial charge is 0.378 e. The maximum Gasteiger partial charge on any atom is 0.136 e. The molecule has 1 aromatic carbocycles. The fourth-order valence-corrected chi connectivity index (χ4v) is 2.89. The Hall–Kier alpha value is -1.37. The summed E-state index contributed by atoms with van der Waals surface area (Å²) >= 11 is 1.40. The van der Waals surface area contributed by atoms with E-state index in [2.05, 4.69) is 24.1 Å². The molecule has 0 fully saturated rings. The van der Waals surface area contributed by atoms with Gasteiger partial charge in [-0.15, -0.1) is 11.3 Å². The summed E-state index contributed by atoms with van der Waals surface area (Å²) < 4.78 is 32.0. The third-order valence-corrected chi connectivity index (χ3v) is 4.02. The summed E-state index contributed by atoms with van der Waals surface area (Å²) in [5.74, 6) is -1.19. The van der Waals surface area contributed by atoms with Crippen LogP contribution in [-0.2, 0) is 17.9 Å². The van der Waals surface area contributed by atoms with Crippen LogP contribution in [0.25, 0.3) is 10.6 Å². The Bertz CT molecular complexity index is 614. The Kier molecular flexibility index (Phi) is 5.39. The highest BCUT2D eigenvalue weighted by molar-refractivity contribution is 7.15. The number of hydrogen-bond donors (Lipinski definition) is 1. The number of ether oxygens (including phenoxy) is 1. The second-order valence-electron chi connectivity index (χ2n) is 4.98. The van der Waals surface area contributed by atoms with Crippen LogP contribution in [0.5, 0.6) is 0 Å². The lowest BCUT2D eigenvalue weighted by Crippen LogP contribution is -2.21. The smallest absolute Gasteiger partial charge is 0.136 e. The summed E-state index contributed by atoms with van der Waals surface area (Å²) in [6.45, 7) is 5.13. The Balaban J connectivity index is 2.33. The van der Waals surface area contributed by atoms with Crippen LogP contribution < -0.4 is 5.32 Å². The molecule has 1 aromatic heterocycles. The predicted octanol–water partition coefficient (Wildman–Crippen LogP) is 3.73. The second-order valence-corrected chi connectivity index (χ2v) is 6.07. The molecule has 0 aliphatic carbocycles. The predicted molar refractivity (Wildman–Crippen MR) is 80.2 cm³/mol. The average Bonchev–Trinajstić information content (AvgIpc) is 2.80. The third-order valence-electron chi connectivity index (χ3n) is 2.89. The molecule has 0 radical (unpaired) electrons. The molecule has 0 atom stereocenters. The van der Waals surface area contributed by atoms with E-state index in [0.717, 1.165) is 16.6 Å². The number of nitrogens with one attached hydrogen (secondary N) is 1. The first-order chi connectivity index (χ1) is 10.0. The van der Waals surface area contributed by atoms with Crippen LogP contribution >= 0.6 is 11.3 Å². The molecule has 0 bridgehead atoms. The van der Waals surface area contributed by atoms with Crippen LogP contribution in [0, 0.1) is 11.6 Å². The first kappa shape index (κ1) is 16.0. The summed E-state index contributed by atoms with van der Waals surface area (Å²) in [4.78, 5) is 5.43. The molecule has 0 saturated heterocycles. The van der Waals surface area contributed by atoms with Crippen molar-refractivity contribution in [2.75, 3.05) is 7.11 Å². The zero-order chi connectivity index (χ0) is 15.4. The van der Waals surface area contributed by atoms with Gasteiger partial charge in [0.1, 0.15) is 16.6 Å². The molecule has 0 amide bonds. The molecular formula is C15H18F2N2OS. The van der Waals surface area contributed by atoms with Gasteiger partial charge in [-0.3, -0.25) is 0 Å². The maximum absolute atomic E-state index is 13.9. The first-order valence-electron chi connectivity index (χ1n) is 6.67. The number of benzene rings is 1. The minimum atomic E-state index is -0.601. The molecule has 6 heteroatoms. The highest BCUT2D eigenvalue weighted by atomic mass is 32.1. The number of hydrogen-bond acceptors (Lipinski definition) is 4. The SMILES string of the molecule is COCc1nc(-c2ccc(F)cc2F)sc1CNC(C)C. The van der Waals surface area contributed by atoms with Gasteiger partial charge in [0, 0.05) is 36.2 Å². The van der Waals surface area contributed by atoms with Crippen molar-refractivity contribution in [3.05, 3.63) is 40.4 Å². The van der Waals surface area contributed by atoms with Crippen LogP contribution in [0.4, 0.5) is 8.78 Å². The molecule has 1 N–H and O–H groups in total. The van der Waals surface area contributed by atoms with E-state index in [9.17, 15) is 8.78 Å². The number of aromatic nitrogens is 1. The minimum Gasteiger partial charge on any atom is -0.378 e. The number of rotatable bonds is 6. The normalized spacial score (nSPS) is 11.3. The van der Waals surface area contributed by atoms with Crippen molar-refractivity contribution < 1.29 is 13.5 Å². The summed E-state index contributed by atoms with van der Waals surface area (Å²) in [7, 11) is 1.59. The van der Waals surface area contributed by atoms with Gasteiger partial charge in [-0.2, -0.15) is 0 Å². The third kappa shape index (κ3) is 4.06. The Morgan fingerprint density at radius 1 is 1.33 bits per heavy atom. The van der Waals surface area contributed by atoms with E-state index >= 15 is 0 Å². The van der Waals surface area contributed by atoms with E-state index in [1.807, 2.05) is 0 Å². The monoisotopic (exact) mass is 312 g/mol. The highest BCUT2D eigenvalue weighted by Gasteiger charge is 2.15. The van der Waals surface area contributed by atoms with Crippen LogP contribution in [0.3, 0.4) is 0 Å². The van der Waals surface area contributed by atoms with Crippen molar-refractivity contribution in [3.8, 4) is 10.6 Å². The van der Waals surface area contributed by atoms with Crippen molar-refractivity contribution in [1.82, 2.24) is 10.3 Å². The van der Waals surface area contributed by atoms with Gasteiger partial charge in [-0.25, -0.2) is 13.8 Å². The summed E-state index contributed by atoms with van der Waals surface area (Å²) in [6, 6.07) is 3.87. The lowest BCUT2D eigenvalue weighted by Gasteiger charge is -2.07. The Labute approximate surface area is 127 Å². The standard InChI is InChI=1S/C15H18F2N2OS/c1-9(2)18-7-14-13(8-20-3)19-15(21-14)11-5-4-10(16)6-12(11)17/h4-6,9,18H,7-8H2,1-3H3. The number of halogens is 2. The van der Waals surface area contributed by atoms with Crippen molar-refractivity contribution in [3.63, 3.8) is 0 Å². The number of thiazole rings is 1. The van der Waals surface area contributed by atoms with Gasteiger partial charge in [0.2, 0.25) is 0 Å². The number of nitrogens with zero attached hydrogens (tertiary/aromatic N) is 1. The van der Waals surface area contributed by atoms with Gasteiger partial charge in [-0.05, 0) is 12.1 Å². The zero-order valence-corrected chi connectivity index (χ0v) is 13.1. The van der Waals surface area contributed by atoms with Crippen LogP contribution in [0.15, 0.2) is 18.2 Å². The van der Waals surface area contributed by atoms with Gasteiger partial charge in [0.05, 0.1) is 12.3 Å². The lowest BCUT2D eigenvalue weighted by atomic mass is 10.2. The highest BCUT2D eigenvalue weighted by Crippen LogP contribution is 2.30. The second kappa shape index (κ2) is 7.06. The fourth-order valence-electron chi connectivity index (χ4n) is 1.85. The van der Waals surface area contributed by atoms with E-state index in [0.29, 0.717) is 29.8 Å². The molecule has 2 aromatic rings. The maximum atomic E-state index is 13.9. The molecule has 21 heavy (non-hydrogen) atoms. The summed E-state index contributed by atoms with van der Waals surface area (Å²) in [5.41, 5.74) is 1.10. The molecule has 1 heterocycles. The molecule has 0 unspecified atom stereocenters. The van der Waals surface area contributed by atoms with Gasteiger partial charge in [0.25, 0.3) is 0 Å². The lowest BCUT2D eigenvalue weighted by molar-refractivity contribution is 0.181. The fraction of sp³-hybridized carbons (Fsp3) is 0.400. The number of methoxy groups -OCH3 is 1. The minimum absolute atomic E-state index is 0.314. The molecule has 114 valence electrons. The molecule has 0 saturated carbocycles. The summed E-state index contributed by atoms with van der Waals surface area (Å²) in [6.07, 6.45) is 0. The Morgan fingerprint density at radius 2 is 2.10 bits per heavy atom. The topological polar surface area (TPSA) is 34.1 Å². The van der Waals surface area contributed by atoms with Crippen LogP contribution in [-0.4, -0.2) is 18.1 Å². The molecule has 0 spiro atoms. The van der Waals surface area contributed by atoms with E-state index in [4.69, 9.17) is 4.74 Å². The van der Waals surface area contributed by atoms with Gasteiger partial charge in [-0.1, -0.05) is 13.8 Å². The summed E-state index contributed by atoms with van der Waals surface area (Å²) in [5, 5.41) is 3.85. The van der Waals surface area contributed by atoms with E-state index < -0.39 is 11.6 Å². The van der Waals surface area contributed by atoms with Crippen molar-refractivity contribution in [1.29, 1.82) is 0 Å². The van der Waals surface area contributed by atoms with E-state index in [-0.39, 0.29) is 0 Å². The van der Waals surface area contributed by atoms with Gasteiger partial charge < -0.3 is 10.1 Å². The zero-order valence-electron chi connectivity index (χ0n) is 12.2. The van der Waals surface area contributed by atoms with Gasteiger partial charge in [0.15, 0.2) is 0 Å². The quantitative estimate of drug-likeness (QED) is 0.882. The molecule has 0 aliphatic heterocycles. The van der Waals surface area contributed by atoms with E-state index in [1.165, 1.54) is 23.5 Å². The van der Waals surface area contributed by atoms with Gasteiger partial charge >= 0.3 is 0 Å².